The summed E-state index contributed by atoms with van der Waals surface area (Å²) in [7, 11) is 0. The minimum absolute atomic E-state index is 0.490. The van der Waals surface area contributed by atoms with Crippen LogP contribution < -0.4 is 16.2 Å². The van der Waals surface area contributed by atoms with Gasteiger partial charge in [0.25, 0.3) is 0 Å². The summed E-state index contributed by atoms with van der Waals surface area (Å²) in [5, 5.41) is 0. The van der Waals surface area contributed by atoms with Crippen LogP contribution in [0.2, 0.25) is 0 Å². The van der Waals surface area contributed by atoms with E-state index in [1.807, 2.05) is 12.1 Å². The van der Waals surface area contributed by atoms with Gasteiger partial charge in [-0.25, -0.2) is 0 Å². The molecule has 0 saturated heterocycles. The van der Waals surface area contributed by atoms with E-state index < -0.39 is 0 Å². The SMILES string of the molecule is NCCOCCOCCOCCOCCOCCOc1ccc(N)cc1. The lowest BCUT2D eigenvalue weighted by Crippen LogP contribution is -2.15. The Hall–Kier alpha value is -1.42. The summed E-state index contributed by atoms with van der Waals surface area (Å²) in [6.07, 6.45) is 0. The summed E-state index contributed by atoms with van der Waals surface area (Å²) in [6.45, 7) is 6.42. The van der Waals surface area contributed by atoms with Crippen LogP contribution in [0.25, 0.3) is 0 Å². The Kier molecular flexibility index (Phi) is 14.8. The van der Waals surface area contributed by atoms with Crippen molar-refractivity contribution in [2.24, 2.45) is 5.73 Å². The first kappa shape index (κ1) is 22.6. The number of rotatable bonds is 18. The Labute approximate surface area is 155 Å². The lowest BCUT2D eigenvalue weighted by molar-refractivity contribution is -0.0122. The van der Waals surface area contributed by atoms with Crippen LogP contribution in [0.5, 0.6) is 5.75 Å². The van der Waals surface area contributed by atoms with Gasteiger partial charge in [-0.05, 0) is 24.3 Å². The molecule has 0 atom stereocenters. The lowest BCUT2D eigenvalue weighted by atomic mass is 10.3. The molecule has 26 heavy (non-hydrogen) atoms. The van der Waals surface area contributed by atoms with Crippen LogP contribution in [0.1, 0.15) is 0 Å². The highest BCUT2D eigenvalue weighted by Gasteiger charge is 1.95. The van der Waals surface area contributed by atoms with Gasteiger partial charge in [0.2, 0.25) is 0 Å². The molecule has 0 aliphatic rings. The smallest absolute Gasteiger partial charge is 0.119 e. The fraction of sp³-hybridized carbons (Fsp3) is 0.667. The monoisotopic (exact) mass is 372 g/mol. The Balaban J connectivity index is 1.72. The second-order valence-corrected chi connectivity index (χ2v) is 5.27. The average molecular weight is 372 g/mol. The molecule has 4 N–H and O–H groups in total. The minimum Gasteiger partial charge on any atom is -0.491 e. The van der Waals surface area contributed by atoms with Gasteiger partial charge >= 0.3 is 0 Å². The van der Waals surface area contributed by atoms with E-state index in [-0.39, 0.29) is 0 Å². The summed E-state index contributed by atoms with van der Waals surface area (Å²) in [5.74, 6) is 0.781. The molecule has 0 unspecified atom stereocenters. The van der Waals surface area contributed by atoms with Crippen LogP contribution in [0, 0.1) is 0 Å². The van der Waals surface area contributed by atoms with Crippen molar-refractivity contribution in [2.75, 3.05) is 85.0 Å². The number of ether oxygens (including phenoxy) is 6. The number of hydrogen-bond acceptors (Lipinski definition) is 8. The molecule has 0 amide bonds. The summed E-state index contributed by atoms with van der Waals surface area (Å²) < 4.78 is 32.2. The Morgan fingerprint density at radius 1 is 0.538 bits per heavy atom. The van der Waals surface area contributed by atoms with Gasteiger partial charge in [0.05, 0.1) is 66.1 Å². The molecule has 0 aliphatic heterocycles. The van der Waals surface area contributed by atoms with Crippen LogP contribution in [0.3, 0.4) is 0 Å². The Morgan fingerprint density at radius 2 is 0.923 bits per heavy atom. The third-order valence-electron chi connectivity index (χ3n) is 3.13. The summed E-state index contributed by atoms with van der Waals surface area (Å²) in [4.78, 5) is 0. The standard InChI is InChI=1S/C18H32N2O6/c19-5-6-21-7-8-22-9-10-23-11-12-24-13-14-25-15-16-26-18-3-1-17(20)2-4-18/h1-4H,5-16,19-20H2. The van der Waals surface area contributed by atoms with E-state index >= 15 is 0 Å². The van der Waals surface area contributed by atoms with E-state index in [2.05, 4.69) is 0 Å². The van der Waals surface area contributed by atoms with Gasteiger partial charge in [-0.2, -0.15) is 0 Å². The molecule has 8 nitrogen and oxygen atoms in total. The van der Waals surface area contributed by atoms with E-state index in [0.717, 1.165) is 11.4 Å². The molecule has 0 fully saturated rings. The van der Waals surface area contributed by atoms with Gasteiger partial charge in [-0.3, -0.25) is 0 Å². The van der Waals surface area contributed by atoms with Gasteiger partial charge in [-0.15, -0.1) is 0 Å². The van der Waals surface area contributed by atoms with Crippen LogP contribution in [0.15, 0.2) is 24.3 Å². The normalized spacial score (nSPS) is 11.0. The highest BCUT2D eigenvalue weighted by atomic mass is 16.6. The highest BCUT2D eigenvalue weighted by Crippen LogP contribution is 2.12. The third kappa shape index (κ3) is 13.8. The zero-order valence-electron chi connectivity index (χ0n) is 15.4. The molecule has 150 valence electrons. The van der Waals surface area contributed by atoms with Gasteiger partial charge in [0.1, 0.15) is 12.4 Å². The Bertz CT molecular complexity index is 419. The highest BCUT2D eigenvalue weighted by molar-refractivity contribution is 5.41. The first-order chi connectivity index (χ1) is 12.8. The maximum absolute atomic E-state index is 5.60. The third-order valence-corrected chi connectivity index (χ3v) is 3.13. The van der Waals surface area contributed by atoms with Gasteiger partial charge in [-0.1, -0.05) is 0 Å². The van der Waals surface area contributed by atoms with Crippen molar-refractivity contribution in [3.63, 3.8) is 0 Å². The predicted octanol–water partition coefficient (Wildman–Crippen LogP) is 0.689. The molecule has 0 heterocycles. The zero-order chi connectivity index (χ0) is 18.7. The van der Waals surface area contributed by atoms with E-state index in [1.54, 1.807) is 12.1 Å². The molecule has 1 aromatic carbocycles. The van der Waals surface area contributed by atoms with Crippen LogP contribution in [-0.4, -0.2) is 79.2 Å². The molecule has 0 radical (unpaired) electrons. The summed E-state index contributed by atoms with van der Waals surface area (Å²) in [5.41, 5.74) is 11.6. The molecule has 0 aliphatic carbocycles. The topological polar surface area (TPSA) is 107 Å². The molecule has 1 aromatic rings. The fourth-order valence-corrected chi connectivity index (χ4v) is 1.85. The lowest BCUT2D eigenvalue weighted by Gasteiger charge is -2.08. The van der Waals surface area contributed by atoms with Crippen LogP contribution in [-0.2, 0) is 23.7 Å². The summed E-state index contributed by atoms with van der Waals surface area (Å²) >= 11 is 0. The quantitative estimate of drug-likeness (QED) is 0.286. The number of anilines is 1. The number of benzene rings is 1. The van der Waals surface area contributed by atoms with Crippen molar-refractivity contribution in [3.05, 3.63) is 24.3 Å². The molecular formula is C18H32N2O6. The van der Waals surface area contributed by atoms with Crippen LogP contribution >= 0.6 is 0 Å². The molecule has 8 heteroatoms. The van der Waals surface area contributed by atoms with Crippen molar-refractivity contribution >= 4 is 5.69 Å². The fourth-order valence-electron chi connectivity index (χ4n) is 1.85. The van der Waals surface area contributed by atoms with Gasteiger partial charge < -0.3 is 39.9 Å². The van der Waals surface area contributed by atoms with Crippen molar-refractivity contribution in [1.82, 2.24) is 0 Å². The van der Waals surface area contributed by atoms with E-state index in [4.69, 9.17) is 39.9 Å². The molecular weight excluding hydrogens is 340 g/mol. The number of hydrogen-bond donors (Lipinski definition) is 2. The van der Waals surface area contributed by atoms with Crippen molar-refractivity contribution in [2.45, 2.75) is 0 Å². The van der Waals surface area contributed by atoms with Crippen molar-refractivity contribution in [3.8, 4) is 5.75 Å². The first-order valence-electron chi connectivity index (χ1n) is 8.90. The second kappa shape index (κ2) is 17.0. The number of nitrogen functional groups attached to an aromatic ring is 1. The largest absolute Gasteiger partial charge is 0.491 e. The molecule has 0 saturated carbocycles. The first-order valence-corrected chi connectivity index (χ1v) is 8.90. The van der Waals surface area contributed by atoms with Crippen molar-refractivity contribution < 1.29 is 28.4 Å². The molecule has 1 rings (SSSR count). The second-order valence-electron chi connectivity index (χ2n) is 5.27. The van der Waals surface area contributed by atoms with Crippen molar-refractivity contribution in [1.29, 1.82) is 0 Å². The van der Waals surface area contributed by atoms with Crippen LogP contribution in [0.4, 0.5) is 5.69 Å². The number of nitrogens with two attached hydrogens (primary N) is 2. The van der Waals surface area contributed by atoms with E-state index in [9.17, 15) is 0 Å². The zero-order valence-corrected chi connectivity index (χ0v) is 15.4. The van der Waals surface area contributed by atoms with Gasteiger partial charge in [0.15, 0.2) is 0 Å². The van der Waals surface area contributed by atoms with Gasteiger partial charge in [0, 0.05) is 12.2 Å². The maximum Gasteiger partial charge on any atom is 0.119 e. The molecule has 0 aromatic heterocycles. The maximum atomic E-state index is 5.60. The molecule has 0 spiro atoms. The Morgan fingerprint density at radius 3 is 1.35 bits per heavy atom. The summed E-state index contributed by atoms with van der Waals surface area (Å²) in [6, 6.07) is 7.27. The minimum atomic E-state index is 0.490. The predicted molar refractivity (Wildman–Crippen MR) is 99.5 cm³/mol. The van der Waals surface area contributed by atoms with E-state index in [1.165, 1.54) is 0 Å². The average Bonchev–Trinajstić information content (AvgIpc) is 2.66. The molecule has 0 bridgehead atoms. The van der Waals surface area contributed by atoms with E-state index in [0.29, 0.717) is 79.2 Å².